The fourth-order valence-corrected chi connectivity index (χ4v) is 3.30. The van der Waals surface area contributed by atoms with Crippen LogP contribution in [0.15, 0.2) is 48.5 Å². The van der Waals surface area contributed by atoms with E-state index >= 15 is 0 Å². The Labute approximate surface area is 183 Å². The van der Waals surface area contributed by atoms with Crippen LogP contribution < -0.4 is 10.1 Å². The van der Waals surface area contributed by atoms with Crippen molar-refractivity contribution in [3.63, 3.8) is 0 Å². The summed E-state index contributed by atoms with van der Waals surface area (Å²) in [6.45, 7) is 11.4. The van der Waals surface area contributed by atoms with Gasteiger partial charge in [0.2, 0.25) is 0 Å². The Bertz CT molecular complexity index is 911. The molecule has 0 aromatic heterocycles. The number of carbonyl (C=O) groups excluding carboxylic acids is 1. The smallest absolute Gasteiger partial charge is 0.408 e. The van der Waals surface area contributed by atoms with Gasteiger partial charge in [-0.25, -0.2) is 4.79 Å². The fraction of sp³-hybridized carbons (Fsp3) is 0.458. The van der Waals surface area contributed by atoms with Gasteiger partial charge in [0.15, 0.2) is 0 Å². The maximum absolute atomic E-state index is 12.6. The molecule has 0 aliphatic carbocycles. The van der Waals surface area contributed by atoms with Gasteiger partial charge in [0, 0.05) is 16.1 Å². The van der Waals surface area contributed by atoms with Gasteiger partial charge in [-0.1, -0.05) is 63.2 Å². The molecule has 0 heterocycles. The summed E-state index contributed by atoms with van der Waals surface area (Å²) in [6, 6.07) is 12.0. The molecule has 0 saturated heterocycles. The van der Waals surface area contributed by atoms with Gasteiger partial charge in [-0.05, 0) is 37.8 Å². The molecular weight excluding hydrogens is 396 g/mol. The van der Waals surface area contributed by atoms with E-state index in [1.54, 1.807) is 57.2 Å². The van der Waals surface area contributed by atoms with E-state index in [4.69, 9.17) is 9.47 Å². The van der Waals surface area contributed by atoms with Gasteiger partial charge in [-0.3, -0.25) is 10.1 Å². The molecule has 0 aliphatic heterocycles. The lowest BCUT2D eigenvalue weighted by Crippen LogP contribution is -2.39. The van der Waals surface area contributed by atoms with E-state index in [9.17, 15) is 14.9 Å². The zero-order valence-corrected chi connectivity index (χ0v) is 19.3. The molecule has 0 spiro atoms. The first-order valence-electron chi connectivity index (χ1n) is 10.2. The molecule has 0 unspecified atom stereocenters. The third-order valence-electron chi connectivity index (χ3n) is 4.81. The van der Waals surface area contributed by atoms with Crippen LogP contribution in [-0.4, -0.2) is 23.7 Å². The van der Waals surface area contributed by atoms with Crippen molar-refractivity contribution in [2.24, 2.45) is 0 Å². The van der Waals surface area contributed by atoms with Crippen LogP contribution >= 0.6 is 0 Å². The van der Waals surface area contributed by atoms with Crippen LogP contribution in [0.3, 0.4) is 0 Å². The molecule has 0 aliphatic rings. The summed E-state index contributed by atoms with van der Waals surface area (Å²) in [6.07, 6.45) is -0.735. The normalized spacial score (nSPS) is 13.8. The number of methoxy groups -OCH3 is 1. The van der Waals surface area contributed by atoms with E-state index in [-0.39, 0.29) is 10.3 Å². The summed E-state index contributed by atoms with van der Waals surface area (Å²) < 4.78 is 10.8. The summed E-state index contributed by atoms with van der Waals surface area (Å²) in [5.74, 6) is 0.446. The van der Waals surface area contributed by atoms with Crippen molar-refractivity contribution in [3.8, 4) is 5.75 Å². The first kappa shape index (κ1) is 24.2. The number of benzene rings is 2. The number of hydrogen-bond acceptors (Lipinski definition) is 5. The number of nitrogens with one attached hydrogen (secondary N) is 1. The largest absolute Gasteiger partial charge is 0.496 e. The second-order valence-corrected chi connectivity index (χ2v) is 9.47. The van der Waals surface area contributed by atoms with Crippen LogP contribution in [-0.2, 0) is 10.2 Å². The highest BCUT2D eigenvalue weighted by Crippen LogP contribution is 2.37. The zero-order valence-electron chi connectivity index (χ0n) is 19.3. The lowest BCUT2D eigenvalue weighted by atomic mass is 9.85. The average molecular weight is 429 g/mol. The standard InChI is InChI=1S/C24H32N2O5/c1-23(2,3)17-14-12-16(13-15-17)21(26(28)29)20(25-22(27)31-24(4,5)6)18-10-8-9-11-19(18)30-7/h8-15,20-21H,1-7H3,(H,25,27)/t20-,21+/m1/s1. The number of hydrogen-bond donors (Lipinski definition) is 1. The summed E-state index contributed by atoms with van der Waals surface area (Å²) in [5, 5.41) is 14.9. The molecule has 0 radical (unpaired) electrons. The van der Waals surface area contributed by atoms with E-state index in [0.717, 1.165) is 5.56 Å². The maximum Gasteiger partial charge on any atom is 0.408 e. The van der Waals surface area contributed by atoms with Gasteiger partial charge in [0.05, 0.1) is 7.11 Å². The summed E-state index contributed by atoms with van der Waals surface area (Å²) >= 11 is 0. The average Bonchev–Trinajstić information content (AvgIpc) is 2.65. The number of carbonyl (C=O) groups is 1. The third-order valence-corrected chi connectivity index (χ3v) is 4.81. The molecule has 2 rings (SSSR count). The molecule has 0 saturated carbocycles. The Morgan fingerprint density at radius 3 is 2.06 bits per heavy atom. The molecule has 7 nitrogen and oxygen atoms in total. The van der Waals surface area contributed by atoms with E-state index in [2.05, 4.69) is 26.1 Å². The van der Waals surface area contributed by atoms with Crippen LogP contribution in [0.4, 0.5) is 4.79 Å². The number of alkyl carbamates (subject to hydrolysis) is 1. The Morgan fingerprint density at radius 2 is 1.58 bits per heavy atom. The van der Waals surface area contributed by atoms with Crippen LogP contribution in [0.5, 0.6) is 5.75 Å². The fourth-order valence-electron chi connectivity index (χ4n) is 3.30. The first-order chi connectivity index (χ1) is 14.3. The molecule has 0 bridgehead atoms. The van der Waals surface area contributed by atoms with Crippen LogP contribution in [0.25, 0.3) is 0 Å². The highest BCUT2D eigenvalue weighted by molar-refractivity contribution is 5.69. The van der Waals surface area contributed by atoms with Gasteiger partial charge >= 0.3 is 6.09 Å². The predicted octanol–water partition coefficient (Wildman–Crippen LogP) is 5.58. The van der Waals surface area contributed by atoms with Crippen molar-refractivity contribution in [2.75, 3.05) is 7.11 Å². The van der Waals surface area contributed by atoms with E-state index in [1.165, 1.54) is 7.11 Å². The van der Waals surface area contributed by atoms with Crippen molar-refractivity contribution in [1.29, 1.82) is 0 Å². The summed E-state index contributed by atoms with van der Waals surface area (Å²) in [4.78, 5) is 24.4. The Morgan fingerprint density at radius 1 is 1.00 bits per heavy atom. The molecule has 168 valence electrons. The molecular formula is C24H32N2O5. The van der Waals surface area contributed by atoms with Gasteiger partial charge < -0.3 is 14.8 Å². The number of nitrogens with zero attached hydrogens (tertiary/aromatic N) is 1. The van der Waals surface area contributed by atoms with E-state index in [1.807, 2.05) is 12.1 Å². The molecule has 0 fully saturated rings. The second-order valence-electron chi connectivity index (χ2n) is 9.47. The van der Waals surface area contributed by atoms with Crippen molar-refractivity contribution >= 4 is 6.09 Å². The molecule has 1 amide bonds. The zero-order chi connectivity index (χ0) is 23.4. The SMILES string of the molecule is COc1ccccc1[C@@H](NC(=O)OC(C)(C)C)[C@H](c1ccc(C(C)(C)C)cc1)[N+](=O)[O-]. The highest BCUT2D eigenvalue weighted by atomic mass is 16.6. The minimum absolute atomic E-state index is 0.0839. The highest BCUT2D eigenvalue weighted by Gasteiger charge is 2.38. The minimum atomic E-state index is -1.24. The van der Waals surface area contributed by atoms with E-state index < -0.39 is 23.8 Å². The molecule has 31 heavy (non-hydrogen) atoms. The maximum atomic E-state index is 12.6. The number of amides is 1. The third kappa shape index (κ3) is 6.44. The Balaban J connectivity index is 2.55. The topological polar surface area (TPSA) is 90.7 Å². The molecule has 2 aromatic rings. The van der Waals surface area contributed by atoms with Gasteiger partial charge in [-0.2, -0.15) is 0 Å². The monoisotopic (exact) mass is 428 g/mol. The minimum Gasteiger partial charge on any atom is -0.496 e. The number of rotatable bonds is 6. The van der Waals surface area contributed by atoms with Gasteiger partial charge in [0.25, 0.3) is 6.04 Å². The lowest BCUT2D eigenvalue weighted by molar-refractivity contribution is -0.534. The molecule has 7 heteroatoms. The number of ether oxygens (including phenoxy) is 2. The Hall–Kier alpha value is -3.09. The second kappa shape index (κ2) is 9.37. The van der Waals surface area contributed by atoms with Crippen molar-refractivity contribution in [3.05, 3.63) is 75.3 Å². The van der Waals surface area contributed by atoms with Crippen LogP contribution in [0, 0.1) is 10.1 Å². The molecule has 2 atom stereocenters. The van der Waals surface area contributed by atoms with Crippen LogP contribution in [0.1, 0.15) is 70.3 Å². The van der Waals surface area contributed by atoms with Crippen molar-refractivity contribution in [1.82, 2.24) is 5.32 Å². The quantitative estimate of drug-likeness (QED) is 0.479. The Kier molecular flexibility index (Phi) is 7.31. The first-order valence-corrected chi connectivity index (χ1v) is 10.2. The number of para-hydroxylation sites is 1. The van der Waals surface area contributed by atoms with Crippen molar-refractivity contribution < 1.29 is 19.2 Å². The lowest BCUT2D eigenvalue weighted by Gasteiger charge is -2.27. The number of nitro groups is 1. The van der Waals surface area contributed by atoms with Gasteiger partial charge in [-0.15, -0.1) is 0 Å². The van der Waals surface area contributed by atoms with Crippen molar-refractivity contribution in [2.45, 2.75) is 64.6 Å². The van der Waals surface area contributed by atoms with Gasteiger partial charge in [0.1, 0.15) is 17.4 Å². The molecule has 2 aromatic carbocycles. The summed E-state index contributed by atoms with van der Waals surface area (Å²) in [7, 11) is 1.49. The molecule has 1 N–H and O–H groups in total. The summed E-state index contributed by atoms with van der Waals surface area (Å²) in [5.41, 5.74) is 1.21. The van der Waals surface area contributed by atoms with Crippen LogP contribution in [0.2, 0.25) is 0 Å². The predicted molar refractivity (Wildman–Crippen MR) is 120 cm³/mol. The van der Waals surface area contributed by atoms with E-state index in [0.29, 0.717) is 16.9 Å².